The van der Waals surface area contributed by atoms with Gasteiger partial charge in [0, 0.05) is 31.0 Å². The maximum absolute atomic E-state index is 13.7. The number of aromatic nitrogens is 2. The van der Waals surface area contributed by atoms with Crippen molar-refractivity contribution in [3.8, 4) is 17.2 Å². The molecule has 1 aliphatic rings. The van der Waals surface area contributed by atoms with Gasteiger partial charge in [-0.2, -0.15) is 0 Å². The van der Waals surface area contributed by atoms with Crippen LogP contribution >= 0.6 is 11.3 Å². The smallest absolute Gasteiger partial charge is 0.336 e. The molecule has 0 saturated carbocycles. The summed E-state index contributed by atoms with van der Waals surface area (Å²) in [4.78, 5) is 42.8. The maximum Gasteiger partial charge on any atom is 0.336 e. The first-order valence-electron chi connectivity index (χ1n) is 11.2. The SMILES string of the molecule is CCCCCn1c(=O)n(-c2ccc(OC)c(OC)c2)c(=O)c2c3c(sc21)CN(C(C)=O)CC3. The van der Waals surface area contributed by atoms with Gasteiger partial charge in [-0.3, -0.25) is 14.2 Å². The molecule has 0 fully saturated rings. The average molecular weight is 472 g/mol. The van der Waals surface area contributed by atoms with E-state index in [2.05, 4.69) is 6.92 Å². The van der Waals surface area contributed by atoms with Gasteiger partial charge < -0.3 is 14.4 Å². The fourth-order valence-electron chi connectivity index (χ4n) is 4.38. The van der Waals surface area contributed by atoms with Gasteiger partial charge in [0.2, 0.25) is 5.91 Å². The van der Waals surface area contributed by atoms with Crippen LogP contribution < -0.4 is 20.7 Å². The van der Waals surface area contributed by atoms with E-state index in [4.69, 9.17) is 9.47 Å². The summed E-state index contributed by atoms with van der Waals surface area (Å²) >= 11 is 1.46. The predicted molar refractivity (Wildman–Crippen MR) is 129 cm³/mol. The molecule has 0 aliphatic carbocycles. The largest absolute Gasteiger partial charge is 0.493 e. The first-order valence-corrected chi connectivity index (χ1v) is 12.0. The van der Waals surface area contributed by atoms with Gasteiger partial charge in [0.05, 0.1) is 31.8 Å². The predicted octanol–water partition coefficient (Wildman–Crippen LogP) is 3.33. The summed E-state index contributed by atoms with van der Waals surface area (Å²) in [5.74, 6) is 0.987. The van der Waals surface area contributed by atoms with E-state index in [0.29, 0.717) is 53.5 Å². The first-order chi connectivity index (χ1) is 15.9. The number of thiophene rings is 1. The van der Waals surface area contributed by atoms with E-state index in [1.54, 1.807) is 41.7 Å². The third-order valence-corrected chi connectivity index (χ3v) is 7.42. The zero-order valence-electron chi connectivity index (χ0n) is 19.5. The summed E-state index contributed by atoms with van der Waals surface area (Å²) in [6.07, 6.45) is 3.47. The highest BCUT2D eigenvalue weighted by molar-refractivity contribution is 7.18. The van der Waals surface area contributed by atoms with Crippen LogP contribution in [0.25, 0.3) is 15.9 Å². The molecule has 1 aromatic carbocycles. The highest BCUT2D eigenvalue weighted by atomic mass is 32.1. The molecule has 0 radical (unpaired) electrons. The number of fused-ring (bicyclic) bond motifs is 3. The van der Waals surface area contributed by atoms with Gasteiger partial charge in [0.1, 0.15) is 4.83 Å². The number of nitrogens with zero attached hydrogens (tertiary/aromatic N) is 3. The number of benzene rings is 1. The Morgan fingerprint density at radius 3 is 2.55 bits per heavy atom. The second kappa shape index (κ2) is 9.43. The summed E-state index contributed by atoms with van der Waals surface area (Å²) in [6.45, 7) is 5.25. The van der Waals surface area contributed by atoms with Crippen LogP contribution in [-0.2, 0) is 24.3 Å². The van der Waals surface area contributed by atoms with E-state index in [1.807, 2.05) is 0 Å². The Labute approximate surface area is 196 Å². The summed E-state index contributed by atoms with van der Waals surface area (Å²) in [6, 6.07) is 5.04. The monoisotopic (exact) mass is 471 g/mol. The molecule has 0 saturated heterocycles. The number of aryl methyl sites for hydroxylation is 1. The van der Waals surface area contributed by atoms with Crippen LogP contribution in [0.5, 0.6) is 11.5 Å². The summed E-state index contributed by atoms with van der Waals surface area (Å²) in [5.41, 5.74) is 0.700. The summed E-state index contributed by atoms with van der Waals surface area (Å²) in [7, 11) is 3.06. The Morgan fingerprint density at radius 2 is 1.88 bits per heavy atom. The fraction of sp³-hybridized carbons (Fsp3) is 0.458. The Kier molecular flexibility index (Phi) is 6.60. The van der Waals surface area contributed by atoms with Crippen LogP contribution in [0.15, 0.2) is 27.8 Å². The van der Waals surface area contributed by atoms with Crippen molar-refractivity contribution in [1.29, 1.82) is 0 Å². The summed E-state index contributed by atoms with van der Waals surface area (Å²) < 4.78 is 13.7. The van der Waals surface area contributed by atoms with Crippen molar-refractivity contribution in [3.63, 3.8) is 0 Å². The molecule has 3 heterocycles. The van der Waals surface area contributed by atoms with E-state index in [1.165, 1.54) is 23.0 Å². The molecule has 8 nitrogen and oxygen atoms in total. The van der Waals surface area contributed by atoms with Gasteiger partial charge in [0.15, 0.2) is 11.5 Å². The molecule has 0 bridgehead atoms. The van der Waals surface area contributed by atoms with Crippen LogP contribution in [0.1, 0.15) is 43.6 Å². The lowest BCUT2D eigenvalue weighted by Gasteiger charge is -2.25. The number of carbonyl (C=O) groups is 1. The number of methoxy groups -OCH3 is 2. The van der Waals surface area contributed by atoms with Crippen LogP contribution in [0.2, 0.25) is 0 Å². The van der Waals surface area contributed by atoms with Crippen molar-refractivity contribution in [2.24, 2.45) is 0 Å². The minimum absolute atomic E-state index is 0.0150. The Bertz CT molecular complexity index is 1320. The third-order valence-electron chi connectivity index (χ3n) is 6.18. The second-order valence-corrected chi connectivity index (χ2v) is 9.28. The zero-order chi connectivity index (χ0) is 23.7. The van der Waals surface area contributed by atoms with Gasteiger partial charge in [-0.25, -0.2) is 9.36 Å². The van der Waals surface area contributed by atoms with Gasteiger partial charge >= 0.3 is 5.69 Å². The lowest BCUT2D eigenvalue weighted by atomic mass is 10.1. The molecule has 0 unspecified atom stereocenters. The lowest BCUT2D eigenvalue weighted by molar-refractivity contribution is -0.129. The third kappa shape index (κ3) is 4.06. The highest BCUT2D eigenvalue weighted by Crippen LogP contribution is 2.34. The van der Waals surface area contributed by atoms with Crippen molar-refractivity contribution in [1.82, 2.24) is 14.0 Å². The van der Waals surface area contributed by atoms with Crippen molar-refractivity contribution < 1.29 is 14.3 Å². The number of hydrogen-bond acceptors (Lipinski definition) is 6. The number of ether oxygens (including phenoxy) is 2. The number of amides is 1. The van der Waals surface area contributed by atoms with E-state index < -0.39 is 0 Å². The number of unbranched alkanes of at least 4 members (excludes halogenated alkanes) is 2. The molecule has 2 aromatic heterocycles. The van der Waals surface area contributed by atoms with Crippen molar-refractivity contribution >= 4 is 27.5 Å². The van der Waals surface area contributed by atoms with Crippen LogP contribution in [-0.4, -0.2) is 40.7 Å². The van der Waals surface area contributed by atoms with E-state index >= 15 is 0 Å². The molecular weight excluding hydrogens is 442 g/mol. The average Bonchev–Trinajstić information content (AvgIpc) is 3.20. The fourth-order valence-corrected chi connectivity index (χ4v) is 5.76. The Balaban J connectivity index is 1.97. The minimum Gasteiger partial charge on any atom is -0.493 e. The minimum atomic E-state index is -0.363. The van der Waals surface area contributed by atoms with Gasteiger partial charge in [0.25, 0.3) is 5.56 Å². The first kappa shape index (κ1) is 23.1. The number of rotatable bonds is 7. The molecule has 3 aromatic rings. The number of carbonyl (C=O) groups excluding carboxylic acids is 1. The Morgan fingerprint density at radius 1 is 1.12 bits per heavy atom. The van der Waals surface area contributed by atoms with Crippen LogP contribution in [0, 0.1) is 0 Å². The molecule has 9 heteroatoms. The lowest BCUT2D eigenvalue weighted by Crippen LogP contribution is -2.39. The molecular formula is C24H29N3O5S. The van der Waals surface area contributed by atoms with Crippen molar-refractivity contribution in [2.45, 2.75) is 52.6 Å². The van der Waals surface area contributed by atoms with E-state index in [9.17, 15) is 14.4 Å². The van der Waals surface area contributed by atoms with Crippen molar-refractivity contribution in [3.05, 3.63) is 49.5 Å². The van der Waals surface area contributed by atoms with Gasteiger partial charge in [-0.15, -0.1) is 11.3 Å². The maximum atomic E-state index is 13.7. The molecule has 1 aliphatic heterocycles. The highest BCUT2D eigenvalue weighted by Gasteiger charge is 2.27. The number of hydrogen-bond donors (Lipinski definition) is 0. The topological polar surface area (TPSA) is 82.8 Å². The van der Waals surface area contributed by atoms with Crippen LogP contribution in [0.3, 0.4) is 0 Å². The molecule has 0 spiro atoms. The molecule has 0 atom stereocenters. The van der Waals surface area contributed by atoms with Gasteiger partial charge in [-0.1, -0.05) is 19.8 Å². The molecule has 1 amide bonds. The molecule has 4 rings (SSSR count). The van der Waals surface area contributed by atoms with E-state index in [-0.39, 0.29) is 17.2 Å². The normalized spacial score (nSPS) is 13.3. The van der Waals surface area contributed by atoms with E-state index in [0.717, 1.165) is 29.7 Å². The van der Waals surface area contributed by atoms with Gasteiger partial charge in [-0.05, 0) is 30.5 Å². The Hall–Kier alpha value is -3.07. The second-order valence-electron chi connectivity index (χ2n) is 8.20. The van der Waals surface area contributed by atoms with Crippen molar-refractivity contribution in [2.75, 3.05) is 20.8 Å². The summed E-state index contributed by atoms with van der Waals surface area (Å²) in [5, 5.41) is 0.587. The van der Waals surface area contributed by atoms with Crippen LogP contribution in [0.4, 0.5) is 0 Å². The molecule has 33 heavy (non-hydrogen) atoms. The standard InChI is InChI=1S/C24H29N3O5S/c1-5-6-7-11-26-23-21(17-10-12-25(15(2)28)14-20(17)33-23)22(29)27(24(26)30)16-8-9-18(31-3)19(13-16)32-4/h8-9,13H,5-7,10-12,14H2,1-4H3. The quantitative estimate of drug-likeness (QED) is 0.494. The molecule has 0 N–H and O–H groups in total. The zero-order valence-corrected chi connectivity index (χ0v) is 20.3. The molecule has 176 valence electrons.